The van der Waals surface area contributed by atoms with E-state index in [1.54, 1.807) is 0 Å². The average Bonchev–Trinajstić information content (AvgIpc) is 3.09. The Balaban J connectivity index is 1.56. The first-order valence-electron chi connectivity index (χ1n) is 7.70. The van der Waals surface area contributed by atoms with E-state index < -0.39 is 0 Å². The van der Waals surface area contributed by atoms with Crippen LogP contribution >= 0.6 is 0 Å². The fraction of sp³-hybridized carbons (Fsp3) is 0.438. The molecule has 0 aliphatic carbocycles. The number of nitrogen functional groups attached to an aromatic ring is 1. The molecular formula is C16H21N5O. The van der Waals surface area contributed by atoms with Gasteiger partial charge < -0.3 is 15.6 Å². The molecule has 1 aromatic carbocycles. The van der Waals surface area contributed by atoms with Crippen LogP contribution in [0.1, 0.15) is 43.0 Å². The summed E-state index contributed by atoms with van der Waals surface area (Å²) in [5, 5.41) is 11.4. The van der Waals surface area contributed by atoms with Crippen molar-refractivity contribution in [2.24, 2.45) is 0 Å². The highest BCUT2D eigenvalue weighted by Crippen LogP contribution is 2.19. The van der Waals surface area contributed by atoms with Crippen molar-refractivity contribution in [1.82, 2.24) is 20.1 Å². The summed E-state index contributed by atoms with van der Waals surface area (Å²) in [5.41, 5.74) is 7.64. The number of fused-ring (bicyclic) bond motifs is 1. The monoisotopic (exact) mass is 299 g/mol. The number of carbonyl (C=O) groups is 1. The summed E-state index contributed by atoms with van der Waals surface area (Å²) in [4.78, 5) is 12.1. The van der Waals surface area contributed by atoms with Crippen LogP contribution in [0.5, 0.6) is 0 Å². The van der Waals surface area contributed by atoms with Crippen LogP contribution in [0.2, 0.25) is 0 Å². The van der Waals surface area contributed by atoms with Crippen LogP contribution in [0, 0.1) is 0 Å². The van der Waals surface area contributed by atoms with Gasteiger partial charge in [-0.15, -0.1) is 10.2 Å². The van der Waals surface area contributed by atoms with Crippen molar-refractivity contribution in [3.63, 3.8) is 0 Å². The molecule has 0 spiro atoms. The molecule has 1 aliphatic rings. The molecule has 1 aliphatic heterocycles. The summed E-state index contributed by atoms with van der Waals surface area (Å²) in [7, 11) is 0. The molecule has 6 nitrogen and oxygen atoms in total. The van der Waals surface area contributed by atoms with Gasteiger partial charge >= 0.3 is 0 Å². The van der Waals surface area contributed by atoms with E-state index in [1.807, 2.05) is 31.2 Å². The van der Waals surface area contributed by atoms with E-state index in [4.69, 9.17) is 5.73 Å². The van der Waals surface area contributed by atoms with Crippen molar-refractivity contribution in [3.8, 4) is 0 Å². The first-order chi connectivity index (χ1) is 10.6. The molecule has 3 N–H and O–H groups in total. The van der Waals surface area contributed by atoms with E-state index in [2.05, 4.69) is 20.1 Å². The lowest BCUT2D eigenvalue weighted by Gasteiger charge is -2.14. The number of benzene rings is 1. The number of carbonyl (C=O) groups excluding carboxylic acids is 1. The minimum atomic E-state index is -0.125. The Morgan fingerprint density at radius 2 is 2.23 bits per heavy atom. The van der Waals surface area contributed by atoms with E-state index in [-0.39, 0.29) is 11.9 Å². The molecule has 0 saturated heterocycles. The van der Waals surface area contributed by atoms with Gasteiger partial charge in [0, 0.05) is 25.1 Å². The third kappa shape index (κ3) is 2.95. The van der Waals surface area contributed by atoms with Crippen molar-refractivity contribution >= 4 is 11.6 Å². The number of aryl methyl sites for hydroxylation is 2. The largest absolute Gasteiger partial charge is 0.399 e. The molecule has 0 saturated carbocycles. The summed E-state index contributed by atoms with van der Waals surface area (Å²) in [6.07, 6.45) is 3.13. The van der Waals surface area contributed by atoms with Gasteiger partial charge in [-0.05, 0) is 31.4 Å². The maximum Gasteiger partial charge on any atom is 0.220 e. The van der Waals surface area contributed by atoms with Crippen LogP contribution in [0.4, 0.5) is 5.69 Å². The predicted octanol–water partition coefficient (Wildman–Crippen LogP) is 1.62. The normalized spacial score (nSPS) is 14.6. The molecule has 1 amide bonds. The van der Waals surface area contributed by atoms with Gasteiger partial charge in [0.05, 0.1) is 6.04 Å². The second kappa shape index (κ2) is 6.17. The third-order valence-electron chi connectivity index (χ3n) is 4.08. The number of anilines is 1. The lowest BCUT2D eigenvalue weighted by molar-refractivity contribution is -0.121. The van der Waals surface area contributed by atoms with Crippen LogP contribution in [0.25, 0.3) is 0 Å². The molecule has 1 unspecified atom stereocenters. The number of aromatic nitrogens is 3. The lowest BCUT2D eigenvalue weighted by atomic mass is 10.1. The average molecular weight is 299 g/mol. The van der Waals surface area contributed by atoms with Gasteiger partial charge in [0.2, 0.25) is 5.91 Å². The molecule has 0 fully saturated rings. The SMILES string of the molecule is CC(NC(=O)CCc1ccccc1N)c1nnc2n1CCC2. The number of rotatable bonds is 5. The second-order valence-electron chi connectivity index (χ2n) is 5.72. The van der Waals surface area contributed by atoms with E-state index >= 15 is 0 Å². The van der Waals surface area contributed by atoms with Crippen LogP contribution in [-0.4, -0.2) is 20.7 Å². The molecule has 6 heteroatoms. The summed E-state index contributed by atoms with van der Waals surface area (Å²) in [6.45, 7) is 2.89. The van der Waals surface area contributed by atoms with Crippen LogP contribution in [-0.2, 0) is 24.2 Å². The van der Waals surface area contributed by atoms with Crippen LogP contribution in [0.15, 0.2) is 24.3 Å². The first-order valence-corrected chi connectivity index (χ1v) is 7.70. The zero-order valence-electron chi connectivity index (χ0n) is 12.7. The van der Waals surface area contributed by atoms with Crippen LogP contribution in [0.3, 0.4) is 0 Å². The molecule has 0 radical (unpaired) electrons. The molecule has 1 atom stereocenters. The Hall–Kier alpha value is -2.37. The van der Waals surface area contributed by atoms with Crippen molar-refractivity contribution < 1.29 is 4.79 Å². The van der Waals surface area contributed by atoms with Crippen molar-refractivity contribution in [3.05, 3.63) is 41.5 Å². The van der Waals surface area contributed by atoms with E-state index in [0.717, 1.165) is 42.3 Å². The van der Waals surface area contributed by atoms with Gasteiger partial charge in [0.25, 0.3) is 0 Å². The summed E-state index contributed by atoms with van der Waals surface area (Å²) in [6, 6.07) is 7.52. The highest BCUT2D eigenvalue weighted by Gasteiger charge is 2.22. The molecule has 3 rings (SSSR count). The lowest BCUT2D eigenvalue weighted by Crippen LogP contribution is -2.28. The van der Waals surface area contributed by atoms with Gasteiger partial charge in [0.1, 0.15) is 5.82 Å². The van der Waals surface area contributed by atoms with E-state index in [0.29, 0.717) is 12.8 Å². The highest BCUT2D eigenvalue weighted by molar-refractivity contribution is 5.76. The number of amides is 1. The predicted molar refractivity (Wildman–Crippen MR) is 84.1 cm³/mol. The number of para-hydroxylation sites is 1. The number of hydrogen-bond acceptors (Lipinski definition) is 4. The zero-order valence-corrected chi connectivity index (χ0v) is 12.7. The molecular weight excluding hydrogens is 278 g/mol. The van der Waals surface area contributed by atoms with E-state index in [1.165, 1.54) is 0 Å². The summed E-state index contributed by atoms with van der Waals surface area (Å²) >= 11 is 0. The Morgan fingerprint density at radius 1 is 1.41 bits per heavy atom. The first kappa shape index (κ1) is 14.6. The second-order valence-corrected chi connectivity index (χ2v) is 5.72. The maximum atomic E-state index is 12.1. The fourth-order valence-corrected chi connectivity index (χ4v) is 2.88. The van der Waals surface area contributed by atoms with Gasteiger partial charge in [0.15, 0.2) is 5.82 Å². The zero-order chi connectivity index (χ0) is 15.5. The standard InChI is InChI=1S/C16H21N5O/c1-11(16-20-19-14-7-4-10-21(14)16)18-15(22)9-8-12-5-2-3-6-13(12)17/h2-3,5-6,11H,4,7-10,17H2,1H3,(H,18,22). The molecule has 0 bridgehead atoms. The molecule has 2 heterocycles. The Morgan fingerprint density at radius 3 is 3.05 bits per heavy atom. The number of nitrogens with zero attached hydrogens (tertiary/aromatic N) is 3. The van der Waals surface area contributed by atoms with Crippen molar-refractivity contribution in [2.45, 2.75) is 45.2 Å². The minimum absolute atomic E-state index is 0.00565. The maximum absolute atomic E-state index is 12.1. The Labute approximate surface area is 129 Å². The Kier molecular flexibility index (Phi) is 4.09. The molecule has 22 heavy (non-hydrogen) atoms. The van der Waals surface area contributed by atoms with Gasteiger partial charge in [-0.1, -0.05) is 18.2 Å². The third-order valence-corrected chi connectivity index (χ3v) is 4.08. The Bertz CT molecular complexity index is 679. The summed E-state index contributed by atoms with van der Waals surface area (Å²) in [5.74, 6) is 1.87. The molecule has 1 aromatic heterocycles. The summed E-state index contributed by atoms with van der Waals surface area (Å²) < 4.78 is 2.11. The number of hydrogen-bond donors (Lipinski definition) is 2. The quantitative estimate of drug-likeness (QED) is 0.821. The smallest absolute Gasteiger partial charge is 0.220 e. The van der Waals surface area contributed by atoms with Crippen LogP contribution < -0.4 is 11.1 Å². The highest BCUT2D eigenvalue weighted by atomic mass is 16.1. The molecule has 2 aromatic rings. The van der Waals surface area contributed by atoms with Gasteiger partial charge in [-0.2, -0.15) is 0 Å². The fourth-order valence-electron chi connectivity index (χ4n) is 2.88. The number of nitrogens with one attached hydrogen (secondary N) is 1. The van der Waals surface area contributed by atoms with Crippen molar-refractivity contribution in [2.75, 3.05) is 5.73 Å². The number of nitrogens with two attached hydrogens (primary N) is 1. The molecule has 116 valence electrons. The van der Waals surface area contributed by atoms with E-state index in [9.17, 15) is 4.79 Å². The minimum Gasteiger partial charge on any atom is -0.399 e. The van der Waals surface area contributed by atoms with Gasteiger partial charge in [-0.3, -0.25) is 4.79 Å². The van der Waals surface area contributed by atoms with Crippen molar-refractivity contribution in [1.29, 1.82) is 0 Å². The van der Waals surface area contributed by atoms with Gasteiger partial charge in [-0.25, -0.2) is 0 Å². The topological polar surface area (TPSA) is 85.8 Å².